The number of carbonyl (C=O) groups is 2. The van der Waals surface area contributed by atoms with Crippen molar-refractivity contribution in [2.24, 2.45) is 0 Å². The van der Waals surface area contributed by atoms with Crippen molar-refractivity contribution >= 4 is 40.9 Å². The van der Waals surface area contributed by atoms with E-state index in [4.69, 9.17) is 20.8 Å². The first-order valence-electron chi connectivity index (χ1n) is 10.5. The highest BCUT2D eigenvalue weighted by Gasteiger charge is 2.11. The van der Waals surface area contributed by atoms with Crippen molar-refractivity contribution in [1.82, 2.24) is 15.5 Å². The lowest BCUT2D eigenvalue weighted by Gasteiger charge is -2.06. The molecular weight excluding hydrogens is 464 g/mol. The van der Waals surface area contributed by atoms with E-state index in [0.29, 0.717) is 10.8 Å². The van der Waals surface area contributed by atoms with Crippen molar-refractivity contribution in [1.29, 1.82) is 0 Å². The molecule has 0 fully saturated rings. The number of benzene rings is 2. The van der Waals surface area contributed by atoms with Gasteiger partial charge in [0, 0.05) is 10.7 Å². The highest BCUT2D eigenvalue weighted by atomic mass is 35.5. The summed E-state index contributed by atoms with van der Waals surface area (Å²) in [5, 5.41) is 14.1. The van der Waals surface area contributed by atoms with Crippen LogP contribution >= 0.6 is 23.4 Å². The normalized spacial score (nSPS) is 10.6. The van der Waals surface area contributed by atoms with Gasteiger partial charge in [-0.15, -0.1) is 10.2 Å². The topological polar surface area (TPSA) is 106 Å². The van der Waals surface area contributed by atoms with E-state index in [1.165, 1.54) is 5.56 Å². The Kier molecular flexibility index (Phi) is 9.59. The van der Waals surface area contributed by atoms with Gasteiger partial charge in [-0.05, 0) is 54.8 Å². The maximum atomic E-state index is 12.2. The second kappa shape index (κ2) is 12.9. The van der Waals surface area contributed by atoms with Crippen molar-refractivity contribution in [3.63, 3.8) is 0 Å². The van der Waals surface area contributed by atoms with Crippen LogP contribution in [0.5, 0.6) is 5.75 Å². The number of nitrogens with zero attached hydrogens (tertiary/aromatic N) is 2. The van der Waals surface area contributed by atoms with Gasteiger partial charge in [0.1, 0.15) is 5.75 Å². The number of thioether (sulfide) groups is 1. The summed E-state index contributed by atoms with van der Waals surface area (Å²) in [7, 11) is 0. The van der Waals surface area contributed by atoms with Gasteiger partial charge in [-0.1, -0.05) is 48.8 Å². The molecule has 8 nitrogen and oxygen atoms in total. The molecule has 1 heterocycles. The molecule has 3 rings (SSSR count). The van der Waals surface area contributed by atoms with Crippen LogP contribution in [0.25, 0.3) is 0 Å². The first-order chi connectivity index (χ1) is 16.0. The number of nitrogens with one attached hydrogen (secondary N) is 2. The lowest BCUT2D eigenvalue weighted by atomic mass is 10.1. The number of ether oxygens (including phenoxy) is 1. The Morgan fingerprint density at radius 2 is 1.82 bits per heavy atom. The molecule has 0 saturated heterocycles. The predicted molar refractivity (Wildman–Crippen MR) is 127 cm³/mol. The van der Waals surface area contributed by atoms with Crippen LogP contribution in [0, 0.1) is 0 Å². The SMILES string of the molecule is CCCCc1ccc(NC(=O)CSc2nnc(CNC(=O)COc3ccc(Cl)cc3)o2)cc1. The van der Waals surface area contributed by atoms with Crippen LogP contribution < -0.4 is 15.4 Å². The van der Waals surface area contributed by atoms with E-state index in [0.717, 1.165) is 36.7 Å². The predicted octanol–water partition coefficient (Wildman–Crippen LogP) is 4.49. The number of halogens is 1. The van der Waals surface area contributed by atoms with E-state index < -0.39 is 0 Å². The standard InChI is InChI=1S/C23H25ClN4O4S/c1-2-3-4-16-5-9-18(10-6-16)26-21(30)15-33-23-28-27-22(32-23)13-25-20(29)14-31-19-11-7-17(24)8-12-19/h5-12H,2-4,13-15H2,1H3,(H,25,29)(H,26,30). The van der Waals surface area contributed by atoms with E-state index in [9.17, 15) is 9.59 Å². The second-order valence-corrected chi connectivity index (χ2v) is 8.48. The van der Waals surface area contributed by atoms with Gasteiger partial charge in [-0.3, -0.25) is 9.59 Å². The minimum Gasteiger partial charge on any atom is -0.484 e. The number of hydrogen-bond donors (Lipinski definition) is 2. The van der Waals surface area contributed by atoms with Gasteiger partial charge in [0.2, 0.25) is 11.8 Å². The van der Waals surface area contributed by atoms with Crippen LogP contribution in [0.4, 0.5) is 5.69 Å². The summed E-state index contributed by atoms with van der Waals surface area (Å²) in [5.74, 6) is 0.392. The molecule has 0 spiro atoms. The molecule has 10 heteroatoms. The van der Waals surface area contributed by atoms with E-state index >= 15 is 0 Å². The van der Waals surface area contributed by atoms with E-state index in [1.807, 2.05) is 24.3 Å². The Balaban J connectivity index is 1.35. The molecule has 2 N–H and O–H groups in total. The number of hydrogen-bond acceptors (Lipinski definition) is 7. The summed E-state index contributed by atoms with van der Waals surface area (Å²) < 4.78 is 10.8. The fourth-order valence-electron chi connectivity index (χ4n) is 2.73. The summed E-state index contributed by atoms with van der Waals surface area (Å²) in [5.41, 5.74) is 2.00. The molecule has 174 valence electrons. The number of aryl methyl sites for hydroxylation is 1. The van der Waals surface area contributed by atoms with Crippen LogP contribution in [-0.2, 0) is 22.6 Å². The molecule has 2 aromatic carbocycles. The van der Waals surface area contributed by atoms with Crippen LogP contribution in [0.2, 0.25) is 5.02 Å². The third-order valence-electron chi connectivity index (χ3n) is 4.45. The van der Waals surface area contributed by atoms with Crippen LogP contribution in [-0.4, -0.2) is 34.4 Å². The highest BCUT2D eigenvalue weighted by Crippen LogP contribution is 2.18. The zero-order valence-corrected chi connectivity index (χ0v) is 19.7. The monoisotopic (exact) mass is 488 g/mol. The van der Waals surface area contributed by atoms with E-state index in [1.54, 1.807) is 24.3 Å². The first kappa shape index (κ1) is 24.6. The average Bonchev–Trinajstić information content (AvgIpc) is 3.28. The van der Waals surface area contributed by atoms with Gasteiger partial charge in [0.25, 0.3) is 11.1 Å². The Labute approximate surface area is 201 Å². The summed E-state index contributed by atoms with van der Waals surface area (Å²) in [6.07, 6.45) is 3.34. The quantitative estimate of drug-likeness (QED) is 0.362. The molecule has 0 aliphatic heterocycles. The Morgan fingerprint density at radius 3 is 2.55 bits per heavy atom. The highest BCUT2D eigenvalue weighted by molar-refractivity contribution is 7.99. The van der Waals surface area contributed by atoms with Gasteiger partial charge >= 0.3 is 0 Å². The molecule has 0 radical (unpaired) electrons. The van der Waals surface area contributed by atoms with Crippen molar-refractivity contribution in [2.75, 3.05) is 17.7 Å². The van der Waals surface area contributed by atoms with Gasteiger partial charge < -0.3 is 19.8 Å². The molecule has 0 aliphatic carbocycles. The molecule has 1 aromatic heterocycles. The number of rotatable bonds is 12. The second-order valence-electron chi connectivity index (χ2n) is 7.12. The molecule has 0 aliphatic rings. The minimum atomic E-state index is -0.336. The smallest absolute Gasteiger partial charge is 0.277 e. The lowest BCUT2D eigenvalue weighted by Crippen LogP contribution is -2.28. The largest absolute Gasteiger partial charge is 0.484 e. The third kappa shape index (κ3) is 8.78. The molecule has 0 bridgehead atoms. The summed E-state index contributed by atoms with van der Waals surface area (Å²) in [6.45, 7) is 2.07. The van der Waals surface area contributed by atoms with Crippen molar-refractivity contribution < 1.29 is 18.7 Å². The number of carbonyl (C=O) groups excluding carboxylic acids is 2. The zero-order chi connectivity index (χ0) is 23.5. The molecular formula is C23H25ClN4O4S. The molecule has 33 heavy (non-hydrogen) atoms. The van der Waals surface area contributed by atoms with Crippen molar-refractivity contribution in [2.45, 2.75) is 38.0 Å². The fourth-order valence-corrected chi connectivity index (χ4v) is 3.44. The summed E-state index contributed by atoms with van der Waals surface area (Å²) in [4.78, 5) is 24.1. The molecule has 0 saturated carbocycles. The van der Waals surface area contributed by atoms with Crippen LogP contribution in [0.15, 0.2) is 58.2 Å². The lowest BCUT2D eigenvalue weighted by molar-refractivity contribution is -0.123. The van der Waals surface area contributed by atoms with Gasteiger partial charge in [-0.2, -0.15) is 0 Å². The number of unbranched alkanes of at least 4 members (excludes halogenated alkanes) is 1. The number of amides is 2. The molecule has 2 amide bonds. The van der Waals surface area contributed by atoms with Crippen LogP contribution in [0.3, 0.4) is 0 Å². The Hall–Kier alpha value is -3.04. The third-order valence-corrected chi connectivity index (χ3v) is 5.52. The van der Waals surface area contributed by atoms with Crippen LogP contribution in [0.1, 0.15) is 31.2 Å². The minimum absolute atomic E-state index is 0.0624. The molecule has 0 unspecified atom stereocenters. The maximum absolute atomic E-state index is 12.2. The Morgan fingerprint density at radius 1 is 1.06 bits per heavy atom. The zero-order valence-electron chi connectivity index (χ0n) is 18.2. The van der Waals surface area contributed by atoms with Crippen molar-refractivity contribution in [3.8, 4) is 5.75 Å². The summed E-state index contributed by atoms with van der Waals surface area (Å²) >= 11 is 6.93. The average molecular weight is 489 g/mol. The van der Waals surface area contributed by atoms with E-state index in [-0.39, 0.29) is 41.8 Å². The Bertz CT molecular complexity index is 1040. The van der Waals surface area contributed by atoms with E-state index in [2.05, 4.69) is 27.8 Å². The summed E-state index contributed by atoms with van der Waals surface area (Å²) in [6, 6.07) is 14.6. The van der Waals surface area contributed by atoms with Crippen molar-refractivity contribution in [3.05, 3.63) is 65.0 Å². The number of aromatic nitrogens is 2. The number of anilines is 1. The first-order valence-corrected chi connectivity index (χ1v) is 11.9. The van der Waals surface area contributed by atoms with Gasteiger partial charge in [0.15, 0.2) is 6.61 Å². The fraction of sp³-hybridized carbons (Fsp3) is 0.304. The van der Waals surface area contributed by atoms with Gasteiger partial charge in [-0.25, -0.2) is 0 Å². The van der Waals surface area contributed by atoms with Gasteiger partial charge in [0.05, 0.1) is 12.3 Å². The maximum Gasteiger partial charge on any atom is 0.277 e. The molecule has 0 atom stereocenters. The molecule has 3 aromatic rings.